The van der Waals surface area contributed by atoms with Gasteiger partial charge >= 0.3 is 0 Å². The van der Waals surface area contributed by atoms with Crippen molar-refractivity contribution in [3.05, 3.63) is 53.7 Å². The molecule has 1 fully saturated rings. The Hall–Kier alpha value is -1.67. The van der Waals surface area contributed by atoms with Gasteiger partial charge < -0.3 is 9.64 Å². The maximum atomic E-state index is 12.6. The molecular weight excluding hydrogens is 386 g/mol. The van der Waals surface area contributed by atoms with E-state index in [4.69, 9.17) is 16.3 Å². The molecule has 1 N–H and O–H groups in total. The number of sulfonamides is 1. The number of nitrogens with one attached hydrogen (secondary N) is 1. The second kappa shape index (κ2) is 9.50. The lowest BCUT2D eigenvalue weighted by molar-refractivity contribution is 0.122. The van der Waals surface area contributed by atoms with Gasteiger partial charge in [-0.3, -0.25) is 0 Å². The number of aromatic nitrogens is 1. The van der Waals surface area contributed by atoms with Crippen molar-refractivity contribution in [3.8, 4) is 0 Å². The lowest BCUT2D eigenvalue weighted by atomic mass is 10.1. The fourth-order valence-electron chi connectivity index (χ4n) is 2.99. The van der Waals surface area contributed by atoms with Crippen LogP contribution in [-0.2, 0) is 27.7 Å². The summed E-state index contributed by atoms with van der Waals surface area (Å²) < 4.78 is 33.3. The average molecular weight is 410 g/mol. The monoisotopic (exact) mass is 409 g/mol. The number of rotatable bonds is 8. The van der Waals surface area contributed by atoms with E-state index in [1.807, 2.05) is 24.3 Å². The van der Waals surface area contributed by atoms with Crippen molar-refractivity contribution in [1.82, 2.24) is 9.71 Å². The van der Waals surface area contributed by atoms with Gasteiger partial charge in [0.1, 0.15) is 5.82 Å². The Morgan fingerprint density at radius 2 is 1.89 bits per heavy atom. The second-order valence-electron chi connectivity index (χ2n) is 6.35. The van der Waals surface area contributed by atoms with Crippen LogP contribution in [0.4, 0.5) is 5.82 Å². The van der Waals surface area contributed by atoms with E-state index in [-0.39, 0.29) is 11.4 Å². The molecule has 1 aromatic carbocycles. The van der Waals surface area contributed by atoms with E-state index in [0.29, 0.717) is 19.1 Å². The Morgan fingerprint density at radius 1 is 1.15 bits per heavy atom. The highest BCUT2D eigenvalue weighted by Crippen LogP contribution is 2.19. The topological polar surface area (TPSA) is 71.5 Å². The van der Waals surface area contributed by atoms with E-state index >= 15 is 0 Å². The number of aryl methyl sites for hydroxylation is 1. The number of ether oxygens (including phenoxy) is 1. The van der Waals surface area contributed by atoms with Gasteiger partial charge in [-0.15, -0.1) is 11.6 Å². The van der Waals surface area contributed by atoms with Crippen LogP contribution in [0.3, 0.4) is 0 Å². The molecule has 0 atom stereocenters. The zero-order valence-electron chi connectivity index (χ0n) is 15.1. The third kappa shape index (κ3) is 5.42. The molecule has 8 heteroatoms. The van der Waals surface area contributed by atoms with E-state index in [1.54, 1.807) is 18.3 Å². The molecule has 6 nitrogen and oxygen atoms in total. The quantitative estimate of drug-likeness (QED) is 0.678. The third-order valence-corrected chi connectivity index (χ3v) is 6.15. The van der Waals surface area contributed by atoms with Gasteiger partial charge in [-0.25, -0.2) is 18.1 Å². The first-order chi connectivity index (χ1) is 13.1. The highest BCUT2D eigenvalue weighted by Gasteiger charge is 2.18. The van der Waals surface area contributed by atoms with Gasteiger partial charge in [0.15, 0.2) is 0 Å². The summed E-state index contributed by atoms with van der Waals surface area (Å²) in [5.74, 6) is 1.40. The molecule has 0 unspecified atom stereocenters. The Bertz CT molecular complexity index is 838. The Labute approximate surface area is 165 Å². The molecule has 0 aliphatic carbocycles. The summed E-state index contributed by atoms with van der Waals surface area (Å²) in [6.45, 7) is 2.99. The molecule has 2 heterocycles. The molecule has 146 valence electrons. The van der Waals surface area contributed by atoms with Gasteiger partial charge in [0.05, 0.1) is 18.1 Å². The van der Waals surface area contributed by atoms with Gasteiger partial charge in [0.25, 0.3) is 0 Å². The minimum absolute atomic E-state index is 0.191. The summed E-state index contributed by atoms with van der Waals surface area (Å²) in [6, 6.07) is 10.7. The molecule has 0 bridgehead atoms. The maximum absolute atomic E-state index is 12.6. The lowest BCUT2D eigenvalue weighted by Crippen LogP contribution is -2.37. The molecular formula is C19H24ClN3O3S. The van der Waals surface area contributed by atoms with Crippen LogP contribution < -0.4 is 9.62 Å². The zero-order chi connectivity index (χ0) is 19.1. The number of hydrogen-bond acceptors (Lipinski definition) is 5. The van der Waals surface area contributed by atoms with Crippen LogP contribution in [0.25, 0.3) is 0 Å². The van der Waals surface area contributed by atoms with E-state index in [1.165, 1.54) is 0 Å². The first-order valence-corrected chi connectivity index (χ1v) is 11.0. The first kappa shape index (κ1) is 20.1. The molecule has 0 saturated carbocycles. The summed E-state index contributed by atoms with van der Waals surface area (Å²) in [4.78, 5) is 6.82. The van der Waals surface area contributed by atoms with E-state index in [9.17, 15) is 8.42 Å². The van der Waals surface area contributed by atoms with Crippen LogP contribution in [0.2, 0.25) is 0 Å². The van der Waals surface area contributed by atoms with Crippen molar-refractivity contribution >= 4 is 27.4 Å². The van der Waals surface area contributed by atoms with Gasteiger partial charge in [-0.2, -0.15) is 0 Å². The van der Waals surface area contributed by atoms with Gasteiger partial charge in [-0.1, -0.05) is 18.2 Å². The molecule has 1 saturated heterocycles. The van der Waals surface area contributed by atoms with Crippen LogP contribution in [0, 0.1) is 0 Å². The van der Waals surface area contributed by atoms with Crippen LogP contribution in [0.5, 0.6) is 0 Å². The number of benzene rings is 1. The largest absolute Gasteiger partial charge is 0.378 e. The smallest absolute Gasteiger partial charge is 0.240 e. The van der Waals surface area contributed by atoms with Crippen LogP contribution in [-0.4, -0.2) is 45.6 Å². The summed E-state index contributed by atoms with van der Waals surface area (Å²) in [7, 11) is -3.59. The molecule has 1 aromatic heterocycles. The molecule has 27 heavy (non-hydrogen) atoms. The number of nitrogens with zero attached hydrogens (tertiary/aromatic N) is 2. The van der Waals surface area contributed by atoms with E-state index in [0.717, 1.165) is 42.9 Å². The molecule has 0 radical (unpaired) electrons. The van der Waals surface area contributed by atoms with Crippen molar-refractivity contribution in [3.63, 3.8) is 0 Å². The Morgan fingerprint density at radius 3 is 2.59 bits per heavy atom. The molecule has 1 aliphatic rings. The number of pyridine rings is 1. The van der Waals surface area contributed by atoms with Crippen molar-refractivity contribution < 1.29 is 13.2 Å². The SMILES string of the molecule is O=S(=O)(NCc1cccnc1N1CCOCC1)c1ccc(CCCCl)cc1. The molecule has 0 amide bonds. The normalized spacial score (nSPS) is 15.1. The fourth-order valence-corrected chi connectivity index (χ4v) is 4.13. The van der Waals surface area contributed by atoms with Crippen molar-refractivity contribution in [2.45, 2.75) is 24.3 Å². The minimum atomic E-state index is -3.59. The summed E-state index contributed by atoms with van der Waals surface area (Å²) in [6.07, 6.45) is 3.44. The lowest BCUT2D eigenvalue weighted by Gasteiger charge is -2.29. The van der Waals surface area contributed by atoms with E-state index < -0.39 is 10.0 Å². The van der Waals surface area contributed by atoms with Crippen molar-refractivity contribution in [2.24, 2.45) is 0 Å². The average Bonchev–Trinajstić information content (AvgIpc) is 2.72. The van der Waals surface area contributed by atoms with Crippen LogP contribution >= 0.6 is 11.6 Å². The third-order valence-electron chi connectivity index (χ3n) is 4.46. The molecule has 0 spiro atoms. The highest BCUT2D eigenvalue weighted by molar-refractivity contribution is 7.89. The number of anilines is 1. The minimum Gasteiger partial charge on any atom is -0.378 e. The van der Waals surface area contributed by atoms with Crippen molar-refractivity contribution in [1.29, 1.82) is 0 Å². The predicted octanol–water partition coefficient (Wildman–Crippen LogP) is 2.57. The van der Waals surface area contributed by atoms with Crippen molar-refractivity contribution in [2.75, 3.05) is 37.1 Å². The number of hydrogen-bond donors (Lipinski definition) is 1. The standard InChI is InChI=1S/C19H24ClN3O3S/c20-9-1-3-16-5-7-18(8-6-16)27(24,25)22-15-17-4-2-10-21-19(17)23-11-13-26-14-12-23/h2,4-8,10,22H,1,3,9,11-15H2. The first-order valence-electron chi connectivity index (χ1n) is 9.01. The van der Waals surface area contributed by atoms with Crippen LogP contribution in [0.15, 0.2) is 47.5 Å². The molecule has 2 aromatic rings. The van der Waals surface area contributed by atoms with Gasteiger partial charge in [0, 0.05) is 37.3 Å². The van der Waals surface area contributed by atoms with Gasteiger partial charge in [-0.05, 0) is 36.6 Å². The zero-order valence-corrected chi connectivity index (χ0v) is 16.7. The van der Waals surface area contributed by atoms with Crippen LogP contribution in [0.1, 0.15) is 17.5 Å². The number of morpholine rings is 1. The number of halogens is 1. The highest BCUT2D eigenvalue weighted by atomic mass is 35.5. The van der Waals surface area contributed by atoms with Gasteiger partial charge in [0.2, 0.25) is 10.0 Å². The fraction of sp³-hybridized carbons (Fsp3) is 0.421. The Kier molecular flexibility index (Phi) is 7.07. The van der Waals surface area contributed by atoms with E-state index in [2.05, 4.69) is 14.6 Å². The predicted molar refractivity (Wildman–Crippen MR) is 107 cm³/mol. The summed E-state index contributed by atoms with van der Waals surface area (Å²) in [5.41, 5.74) is 1.93. The molecule has 3 rings (SSSR count). The summed E-state index contributed by atoms with van der Waals surface area (Å²) in [5, 5.41) is 0. The Balaban J connectivity index is 1.68. The second-order valence-corrected chi connectivity index (χ2v) is 8.49. The maximum Gasteiger partial charge on any atom is 0.240 e. The number of alkyl halides is 1. The summed E-state index contributed by atoms with van der Waals surface area (Å²) >= 11 is 5.70. The molecule has 1 aliphatic heterocycles.